The van der Waals surface area contributed by atoms with Crippen LogP contribution in [0.1, 0.15) is 6.42 Å². The Hall–Kier alpha value is -0.160. The fraction of sp³-hybridized carbons (Fsp3) is 1.00. The van der Waals surface area contributed by atoms with Gasteiger partial charge in [-0.1, -0.05) is 5.64 Å². The Morgan fingerprint density at radius 1 is 1.71 bits per heavy atom. The Morgan fingerprint density at radius 3 is 2.86 bits per heavy atom. The van der Waals surface area contributed by atoms with E-state index in [-0.39, 0.29) is 6.23 Å². The maximum absolute atomic E-state index is 5.27. The second-order valence-electron chi connectivity index (χ2n) is 1.38. The molecule has 42 valence electrons. The highest BCUT2D eigenvalue weighted by Crippen LogP contribution is 1.93. The average molecular weight is 104 g/mol. The first-order chi connectivity index (χ1) is 3.39. The summed E-state index contributed by atoms with van der Waals surface area (Å²) in [6.07, 6.45) is 0.557. The van der Waals surface area contributed by atoms with Gasteiger partial charge in [-0.3, -0.25) is 9.68 Å². The monoisotopic (exact) mass is 104 g/mol. The van der Waals surface area contributed by atoms with Crippen molar-refractivity contribution in [2.24, 2.45) is 5.73 Å². The van der Waals surface area contributed by atoms with Crippen LogP contribution in [0.25, 0.3) is 0 Å². The van der Waals surface area contributed by atoms with E-state index in [4.69, 9.17) is 5.73 Å². The summed E-state index contributed by atoms with van der Waals surface area (Å²) >= 11 is 0. The van der Waals surface area contributed by atoms with Gasteiger partial charge in [0.2, 0.25) is 0 Å². The Morgan fingerprint density at radius 2 is 2.57 bits per heavy atom. The predicted octanol–water partition coefficient (Wildman–Crippen LogP) is -0.872. The minimum Gasteiger partial charge on any atom is -0.304 e. The Bertz CT molecular complexity index is 52.9. The van der Waals surface area contributed by atoms with E-state index in [1.165, 1.54) is 0 Å². The third-order valence-electron chi connectivity index (χ3n) is 0.763. The minimum atomic E-state index is -0.200. The topological polar surface area (TPSA) is 56.5 Å². The van der Waals surface area contributed by atoms with Crippen LogP contribution in [0.4, 0.5) is 0 Å². The molecule has 1 atom stereocenters. The van der Waals surface area contributed by atoms with Crippen LogP contribution < -0.4 is 11.4 Å². The van der Waals surface area contributed by atoms with Crippen LogP contribution >= 0.6 is 0 Å². The van der Waals surface area contributed by atoms with Crippen LogP contribution in [-0.4, -0.2) is 12.8 Å². The lowest BCUT2D eigenvalue weighted by atomic mass is 10.4. The summed E-state index contributed by atoms with van der Waals surface area (Å²) in [6.45, 7) is 0.626. The van der Waals surface area contributed by atoms with E-state index in [0.717, 1.165) is 6.42 Å². The van der Waals surface area contributed by atoms with E-state index in [2.05, 4.69) is 15.3 Å². The zero-order valence-corrected chi connectivity index (χ0v) is 3.89. The van der Waals surface area contributed by atoms with Gasteiger partial charge < -0.3 is 5.73 Å². The summed E-state index contributed by atoms with van der Waals surface area (Å²) < 4.78 is 0. The zero-order valence-electron chi connectivity index (χ0n) is 3.89. The van der Waals surface area contributed by atoms with Crippen molar-refractivity contribution in [2.45, 2.75) is 12.6 Å². The maximum atomic E-state index is 5.27. The summed E-state index contributed by atoms with van der Waals surface area (Å²) in [5.74, 6) is 0. The first kappa shape index (κ1) is 4.99. The molecule has 0 aromatic heterocycles. The second-order valence-corrected chi connectivity index (χ2v) is 1.38. The Balaban J connectivity index is 2.12. The van der Waals surface area contributed by atoms with E-state index < -0.39 is 0 Å². The van der Waals surface area contributed by atoms with Crippen LogP contribution in [0.5, 0.6) is 0 Å². The largest absolute Gasteiger partial charge is 0.304 e. The molecule has 0 aromatic carbocycles. The lowest BCUT2D eigenvalue weighted by Crippen LogP contribution is -2.37. The molecule has 0 amide bonds. The molecule has 1 aliphatic heterocycles. The molecule has 1 heterocycles. The normalized spacial score (nSPS) is 33.0. The Kier molecular flexibility index (Phi) is 1.59. The van der Waals surface area contributed by atoms with E-state index in [1.807, 2.05) is 0 Å². The van der Waals surface area contributed by atoms with Gasteiger partial charge in [-0.2, -0.15) is 0 Å². The van der Waals surface area contributed by atoms with E-state index in [0.29, 0.717) is 6.61 Å². The van der Waals surface area contributed by atoms with E-state index in [9.17, 15) is 0 Å². The number of hydrogen-bond acceptors (Lipinski definition) is 4. The number of hydrogen-bond donors (Lipinski definition) is 2. The number of rotatable bonds is 0. The first-order valence-corrected chi connectivity index (χ1v) is 2.17. The van der Waals surface area contributed by atoms with Crippen molar-refractivity contribution in [3.8, 4) is 0 Å². The van der Waals surface area contributed by atoms with Crippen molar-refractivity contribution in [3.63, 3.8) is 0 Å². The van der Waals surface area contributed by atoms with Crippen LogP contribution in [0.3, 0.4) is 0 Å². The summed E-state index contributed by atoms with van der Waals surface area (Å²) in [5.41, 5.74) is 7.48. The second kappa shape index (κ2) is 2.23. The van der Waals surface area contributed by atoms with Crippen LogP contribution in [0.15, 0.2) is 0 Å². The van der Waals surface area contributed by atoms with Gasteiger partial charge in [0.25, 0.3) is 0 Å². The molecule has 0 saturated carbocycles. The number of nitrogens with two attached hydrogens (primary N) is 1. The molecule has 1 fully saturated rings. The molecule has 0 radical (unpaired) electrons. The molecular weight excluding hydrogens is 96.0 g/mol. The van der Waals surface area contributed by atoms with Gasteiger partial charge in [0.05, 0.1) is 6.61 Å². The van der Waals surface area contributed by atoms with Gasteiger partial charge in [-0.05, 0) is 0 Å². The zero-order chi connectivity index (χ0) is 5.11. The summed E-state index contributed by atoms with van der Waals surface area (Å²) in [6, 6.07) is 0. The highest BCUT2D eigenvalue weighted by Gasteiger charge is 2.06. The number of nitrogens with one attached hydrogen (secondary N) is 1. The molecular formula is C3H8N2O2. The van der Waals surface area contributed by atoms with E-state index >= 15 is 0 Å². The van der Waals surface area contributed by atoms with Crippen molar-refractivity contribution in [1.29, 1.82) is 0 Å². The van der Waals surface area contributed by atoms with Crippen LogP contribution in [0, 0.1) is 0 Å². The van der Waals surface area contributed by atoms with Crippen molar-refractivity contribution >= 4 is 0 Å². The molecule has 0 aliphatic carbocycles. The first-order valence-electron chi connectivity index (χ1n) is 2.17. The molecule has 1 rings (SSSR count). The fourth-order valence-corrected chi connectivity index (χ4v) is 0.371. The summed E-state index contributed by atoms with van der Waals surface area (Å²) in [5, 5.41) is 0. The molecule has 1 saturated heterocycles. The standard InChI is InChI=1S/C3H8N2O2/c4-3-1-2-6-5-7-3/h3,5H,1-2,4H2. The van der Waals surface area contributed by atoms with Gasteiger partial charge in [-0.15, -0.1) is 0 Å². The fourth-order valence-electron chi connectivity index (χ4n) is 0.371. The third-order valence-corrected chi connectivity index (χ3v) is 0.763. The third kappa shape index (κ3) is 1.40. The molecule has 3 N–H and O–H groups in total. The molecule has 0 bridgehead atoms. The van der Waals surface area contributed by atoms with Gasteiger partial charge >= 0.3 is 0 Å². The molecule has 7 heavy (non-hydrogen) atoms. The van der Waals surface area contributed by atoms with Crippen LogP contribution in [0.2, 0.25) is 0 Å². The SMILES string of the molecule is NC1CCONO1. The Labute approximate surface area is 41.5 Å². The summed E-state index contributed by atoms with van der Waals surface area (Å²) in [7, 11) is 0. The van der Waals surface area contributed by atoms with Gasteiger partial charge in [0.15, 0.2) is 0 Å². The van der Waals surface area contributed by atoms with E-state index in [1.54, 1.807) is 0 Å². The minimum absolute atomic E-state index is 0.200. The average Bonchev–Trinajstić information content (AvgIpc) is 1.69. The van der Waals surface area contributed by atoms with Gasteiger partial charge in [0.1, 0.15) is 6.23 Å². The molecule has 4 heteroatoms. The molecule has 1 aliphatic rings. The molecule has 0 spiro atoms. The predicted molar refractivity (Wildman–Crippen MR) is 22.8 cm³/mol. The lowest BCUT2D eigenvalue weighted by molar-refractivity contribution is -0.237. The van der Waals surface area contributed by atoms with Gasteiger partial charge in [0, 0.05) is 6.42 Å². The lowest BCUT2D eigenvalue weighted by Gasteiger charge is -2.17. The molecule has 0 aromatic rings. The van der Waals surface area contributed by atoms with Crippen molar-refractivity contribution < 1.29 is 9.68 Å². The smallest absolute Gasteiger partial charge is 0.132 e. The summed E-state index contributed by atoms with van der Waals surface area (Å²) in [4.78, 5) is 9.17. The molecule has 4 nitrogen and oxygen atoms in total. The van der Waals surface area contributed by atoms with Crippen LogP contribution in [-0.2, 0) is 9.68 Å². The van der Waals surface area contributed by atoms with Crippen molar-refractivity contribution in [3.05, 3.63) is 0 Å². The highest BCUT2D eigenvalue weighted by atomic mass is 16.9. The van der Waals surface area contributed by atoms with Crippen molar-refractivity contribution in [2.75, 3.05) is 6.61 Å². The highest BCUT2D eigenvalue weighted by molar-refractivity contribution is 4.45. The van der Waals surface area contributed by atoms with Crippen molar-refractivity contribution in [1.82, 2.24) is 5.64 Å². The maximum Gasteiger partial charge on any atom is 0.132 e. The van der Waals surface area contributed by atoms with Gasteiger partial charge in [-0.25, -0.2) is 0 Å². The quantitative estimate of drug-likeness (QED) is 0.419. The molecule has 1 unspecified atom stereocenters.